The van der Waals surface area contributed by atoms with Gasteiger partial charge >= 0.3 is 0 Å². The molecule has 1 amide bonds. The molecule has 0 heterocycles. The highest BCUT2D eigenvalue weighted by atomic mass is 16.5. The van der Waals surface area contributed by atoms with Crippen LogP contribution in [0, 0.1) is 5.92 Å². The molecule has 6 nitrogen and oxygen atoms in total. The van der Waals surface area contributed by atoms with Gasteiger partial charge < -0.3 is 20.7 Å². The van der Waals surface area contributed by atoms with Crippen LogP contribution in [0.5, 0.6) is 5.75 Å². The Morgan fingerprint density at radius 3 is 2.48 bits per heavy atom. The highest BCUT2D eigenvalue weighted by Gasteiger charge is 2.06. The molecule has 0 aromatic heterocycles. The number of benzene rings is 2. The first-order valence-corrected chi connectivity index (χ1v) is 9.96. The number of anilines is 1. The van der Waals surface area contributed by atoms with E-state index >= 15 is 0 Å². The Bertz CT molecular complexity index is 801. The summed E-state index contributed by atoms with van der Waals surface area (Å²) >= 11 is 0. The fourth-order valence-corrected chi connectivity index (χ4v) is 2.87. The molecule has 2 aromatic rings. The van der Waals surface area contributed by atoms with Crippen LogP contribution in [0.3, 0.4) is 0 Å². The minimum Gasteiger partial charge on any atom is -0.497 e. The zero-order chi connectivity index (χ0) is 21.1. The third-order valence-corrected chi connectivity index (χ3v) is 4.35. The fraction of sp³-hybridized carbons (Fsp3) is 0.391. The Balaban J connectivity index is 1.79. The van der Waals surface area contributed by atoms with Crippen LogP contribution < -0.4 is 20.7 Å². The summed E-state index contributed by atoms with van der Waals surface area (Å²) in [5.41, 5.74) is 3.13. The second-order valence-electron chi connectivity index (χ2n) is 7.30. The topological polar surface area (TPSA) is 74.8 Å². The van der Waals surface area contributed by atoms with E-state index in [4.69, 9.17) is 4.74 Å². The van der Waals surface area contributed by atoms with Gasteiger partial charge in [0.1, 0.15) is 5.75 Å². The summed E-state index contributed by atoms with van der Waals surface area (Å²) in [6.07, 6.45) is 1.41. The van der Waals surface area contributed by atoms with E-state index in [9.17, 15) is 4.79 Å². The predicted octanol–water partition coefficient (Wildman–Crippen LogP) is 3.59. The molecule has 0 fully saturated rings. The molecule has 156 valence electrons. The molecule has 0 saturated heterocycles. The lowest BCUT2D eigenvalue weighted by Gasteiger charge is -2.13. The Morgan fingerprint density at radius 2 is 1.83 bits per heavy atom. The van der Waals surface area contributed by atoms with Gasteiger partial charge in [0.05, 0.1) is 7.11 Å². The Labute approximate surface area is 173 Å². The largest absolute Gasteiger partial charge is 0.497 e. The van der Waals surface area contributed by atoms with Gasteiger partial charge in [-0.25, -0.2) is 0 Å². The molecule has 3 N–H and O–H groups in total. The van der Waals surface area contributed by atoms with Crippen molar-refractivity contribution >= 4 is 17.6 Å². The van der Waals surface area contributed by atoms with Crippen molar-refractivity contribution in [3.05, 3.63) is 59.7 Å². The predicted molar refractivity (Wildman–Crippen MR) is 119 cm³/mol. The summed E-state index contributed by atoms with van der Waals surface area (Å²) < 4.78 is 5.18. The van der Waals surface area contributed by atoms with Gasteiger partial charge in [-0.05, 0) is 47.7 Å². The highest BCUT2D eigenvalue weighted by molar-refractivity contribution is 5.90. The summed E-state index contributed by atoms with van der Waals surface area (Å²) in [5, 5.41) is 9.59. The van der Waals surface area contributed by atoms with Crippen molar-refractivity contribution in [3.63, 3.8) is 0 Å². The number of amides is 1. The summed E-state index contributed by atoms with van der Waals surface area (Å²) in [7, 11) is 3.42. The smallest absolute Gasteiger partial charge is 0.224 e. The molecule has 0 unspecified atom stereocenters. The summed E-state index contributed by atoms with van der Waals surface area (Å²) in [6.45, 7) is 5.47. The number of nitrogens with one attached hydrogen (secondary N) is 3. The van der Waals surface area contributed by atoms with E-state index in [0.717, 1.165) is 35.9 Å². The van der Waals surface area contributed by atoms with E-state index in [1.807, 2.05) is 50.2 Å². The van der Waals surface area contributed by atoms with Gasteiger partial charge in [0.15, 0.2) is 5.96 Å². The van der Waals surface area contributed by atoms with Crippen molar-refractivity contribution in [2.45, 2.75) is 33.2 Å². The van der Waals surface area contributed by atoms with Crippen LogP contribution in [-0.2, 0) is 17.8 Å². The van der Waals surface area contributed by atoms with Crippen LogP contribution in [0.15, 0.2) is 53.5 Å². The molecule has 0 atom stereocenters. The number of carbonyl (C=O) groups is 1. The molecule has 0 radical (unpaired) electrons. The van der Waals surface area contributed by atoms with Crippen molar-refractivity contribution in [1.82, 2.24) is 10.6 Å². The minimum absolute atomic E-state index is 0.0427. The number of methoxy groups -OCH3 is 1. The van der Waals surface area contributed by atoms with Gasteiger partial charge in [-0.3, -0.25) is 9.79 Å². The Kier molecular flexibility index (Phi) is 9.02. The molecule has 29 heavy (non-hydrogen) atoms. The lowest BCUT2D eigenvalue weighted by atomic mass is 10.1. The average Bonchev–Trinajstić information content (AvgIpc) is 2.70. The van der Waals surface area contributed by atoms with E-state index in [2.05, 4.69) is 33.1 Å². The maximum Gasteiger partial charge on any atom is 0.224 e. The molecular weight excluding hydrogens is 364 g/mol. The zero-order valence-electron chi connectivity index (χ0n) is 17.8. The molecule has 0 aliphatic carbocycles. The second-order valence-corrected chi connectivity index (χ2v) is 7.30. The maximum absolute atomic E-state index is 12.0. The normalized spacial score (nSPS) is 11.3. The van der Waals surface area contributed by atoms with Crippen LogP contribution in [-0.4, -0.2) is 32.6 Å². The number of rotatable bonds is 9. The molecule has 2 rings (SSSR count). The SMILES string of the molecule is CN=C(NCCc1ccc(OC)cc1)NCc1cccc(NC(=O)CC(C)C)c1. The first kappa shape index (κ1) is 22.3. The van der Waals surface area contributed by atoms with E-state index in [1.54, 1.807) is 14.2 Å². The highest BCUT2D eigenvalue weighted by Crippen LogP contribution is 2.13. The monoisotopic (exact) mass is 396 g/mol. The van der Waals surface area contributed by atoms with Gasteiger partial charge in [-0.2, -0.15) is 0 Å². The number of nitrogens with zero attached hydrogens (tertiary/aromatic N) is 1. The van der Waals surface area contributed by atoms with Gasteiger partial charge in [-0.15, -0.1) is 0 Å². The van der Waals surface area contributed by atoms with Crippen molar-refractivity contribution in [3.8, 4) is 5.75 Å². The number of aliphatic imine (C=N–C) groups is 1. The molecule has 6 heteroatoms. The van der Waals surface area contributed by atoms with Crippen LogP contribution in [0.1, 0.15) is 31.4 Å². The second kappa shape index (κ2) is 11.7. The number of hydrogen-bond acceptors (Lipinski definition) is 3. The first-order valence-electron chi connectivity index (χ1n) is 9.96. The van der Waals surface area contributed by atoms with E-state index in [1.165, 1.54) is 5.56 Å². The van der Waals surface area contributed by atoms with Crippen molar-refractivity contribution < 1.29 is 9.53 Å². The van der Waals surface area contributed by atoms with Gasteiger partial charge in [0.2, 0.25) is 5.91 Å². The van der Waals surface area contributed by atoms with Crippen LogP contribution >= 0.6 is 0 Å². The quantitative estimate of drug-likeness (QED) is 0.447. The van der Waals surface area contributed by atoms with Crippen LogP contribution in [0.2, 0.25) is 0 Å². The van der Waals surface area contributed by atoms with Gasteiger partial charge in [0, 0.05) is 32.2 Å². The van der Waals surface area contributed by atoms with Crippen molar-refractivity contribution in [2.75, 3.05) is 26.0 Å². The lowest BCUT2D eigenvalue weighted by Crippen LogP contribution is -2.37. The van der Waals surface area contributed by atoms with Gasteiger partial charge in [-0.1, -0.05) is 38.1 Å². The molecular formula is C23H32N4O2. The van der Waals surface area contributed by atoms with Gasteiger partial charge in [0.25, 0.3) is 0 Å². The summed E-state index contributed by atoms with van der Waals surface area (Å²) in [4.78, 5) is 16.2. The molecule has 0 spiro atoms. The number of carbonyl (C=O) groups excluding carboxylic acids is 1. The number of hydrogen-bond donors (Lipinski definition) is 3. The molecule has 0 aliphatic rings. The van der Waals surface area contributed by atoms with Crippen molar-refractivity contribution in [1.29, 1.82) is 0 Å². The fourth-order valence-electron chi connectivity index (χ4n) is 2.87. The summed E-state index contributed by atoms with van der Waals surface area (Å²) in [6, 6.07) is 15.9. The zero-order valence-corrected chi connectivity index (χ0v) is 17.8. The van der Waals surface area contributed by atoms with E-state index in [-0.39, 0.29) is 5.91 Å². The minimum atomic E-state index is 0.0427. The van der Waals surface area contributed by atoms with E-state index < -0.39 is 0 Å². The van der Waals surface area contributed by atoms with Crippen LogP contribution in [0.25, 0.3) is 0 Å². The standard InChI is InChI=1S/C23H32N4O2/c1-17(2)14-22(28)27-20-7-5-6-19(15-20)16-26-23(24-3)25-13-12-18-8-10-21(29-4)11-9-18/h5-11,15,17H,12-14,16H2,1-4H3,(H,27,28)(H2,24,25,26). The maximum atomic E-state index is 12.0. The molecule has 2 aromatic carbocycles. The first-order chi connectivity index (χ1) is 14.0. The molecule has 0 bridgehead atoms. The third-order valence-electron chi connectivity index (χ3n) is 4.35. The molecule has 0 saturated carbocycles. The van der Waals surface area contributed by atoms with Crippen molar-refractivity contribution in [2.24, 2.45) is 10.9 Å². The number of ether oxygens (including phenoxy) is 1. The Morgan fingerprint density at radius 1 is 1.07 bits per heavy atom. The van der Waals surface area contributed by atoms with Crippen LogP contribution in [0.4, 0.5) is 5.69 Å². The summed E-state index contributed by atoms with van der Waals surface area (Å²) in [5.74, 6) is 1.99. The molecule has 0 aliphatic heterocycles. The lowest BCUT2D eigenvalue weighted by molar-refractivity contribution is -0.116. The number of guanidine groups is 1. The van der Waals surface area contributed by atoms with E-state index in [0.29, 0.717) is 18.9 Å². The Hall–Kier alpha value is -3.02. The average molecular weight is 397 g/mol. The third kappa shape index (κ3) is 8.25.